The Balaban J connectivity index is 2.23. The van der Waals surface area contributed by atoms with Crippen LogP contribution < -0.4 is 0 Å². The molecule has 0 aliphatic carbocycles. The molecule has 300 valence electrons. The fraction of sp³-hybridized carbons (Fsp3) is 0.810. The second kappa shape index (κ2) is 18.4. The minimum Gasteiger partial charge on any atom is -0.457 e. The highest BCUT2D eigenvalue weighted by molar-refractivity contribution is 6.74. The molecule has 2 aliphatic rings. The molecule has 2 heterocycles. The Morgan fingerprint density at radius 3 is 2.19 bits per heavy atom. The summed E-state index contributed by atoms with van der Waals surface area (Å²) in [7, 11) is -4.12. The summed E-state index contributed by atoms with van der Waals surface area (Å²) in [5, 5.41) is 11.7. The number of carbonyl (C=O) groups is 2. The van der Waals surface area contributed by atoms with Crippen molar-refractivity contribution in [3.8, 4) is 0 Å². The van der Waals surface area contributed by atoms with E-state index < -0.39 is 46.5 Å². The second-order valence-electron chi connectivity index (χ2n) is 19.1. The van der Waals surface area contributed by atoms with E-state index in [0.717, 1.165) is 18.4 Å². The zero-order chi connectivity index (χ0) is 40.0. The fourth-order valence-corrected chi connectivity index (χ4v) is 9.27. The minimum atomic E-state index is -2.25. The number of aliphatic hydroxyl groups is 1. The zero-order valence-corrected chi connectivity index (χ0v) is 37.9. The summed E-state index contributed by atoms with van der Waals surface area (Å²) < 4.78 is 31.6. The van der Waals surface area contributed by atoms with Gasteiger partial charge in [0.1, 0.15) is 17.8 Å². The first-order valence-corrected chi connectivity index (χ1v) is 25.6. The monoisotopic (exact) mass is 765 g/mol. The van der Waals surface area contributed by atoms with Gasteiger partial charge in [-0.1, -0.05) is 93.5 Å². The van der Waals surface area contributed by atoms with Crippen molar-refractivity contribution < 1.29 is 37.8 Å². The van der Waals surface area contributed by atoms with Crippen molar-refractivity contribution in [2.24, 2.45) is 17.8 Å². The van der Waals surface area contributed by atoms with Gasteiger partial charge in [0.25, 0.3) is 0 Å². The van der Waals surface area contributed by atoms with Gasteiger partial charge in [-0.05, 0) is 93.4 Å². The summed E-state index contributed by atoms with van der Waals surface area (Å²) in [5.74, 6) is -0.414. The lowest BCUT2D eigenvalue weighted by Crippen LogP contribution is -2.46. The number of rotatable bonds is 13. The van der Waals surface area contributed by atoms with Gasteiger partial charge in [0.15, 0.2) is 16.6 Å². The van der Waals surface area contributed by atoms with Crippen LogP contribution in [0, 0.1) is 17.8 Å². The third kappa shape index (κ3) is 13.6. The van der Waals surface area contributed by atoms with Crippen LogP contribution >= 0.6 is 0 Å². The van der Waals surface area contributed by atoms with Crippen molar-refractivity contribution >= 4 is 28.6 Å². The van der Waals surface area contributed by atoms with Gasteiger partial charge in [-0.3, -0.25) is 9.59 Å². The lowest BCUT2D eigenvalue weighted by atomic mass is 9.88. The number of carbonyl (C=O) groups excluding carboxylic acids is 2. The zero-order valence-electron chi connectivity index (χ0n) is 35.9. The first-order chi connectivity index (χ1) is 23.6. The highest BCUT2D eigenvalue weighted by atomic mass is 28.4. The fourth-order valence-electron chi connectivity index (χ4n) is 6.39. The van der Waals surface area contributed by atoms with Gasteiger partial charge in [-0.2, -0.15) is 0 Å². The van der Waals surface area contributed by atoms with Crippen molar-refractivity contribution in [3.05, 3.63) is 36.0 Å². The summed E-state index contributed by atoms with van der Waals surface area (Å²) in [6.07, 6.45) is 11.3. The molecule has 0 radical (unpaired) electrons. The number of hydrogen-bond acceptors (Lipinski definition) is 8. The molecule has 52 heavy (non-hydrogen) atoms. The highest BCUT2D eigenvalue weighted by Gasteiger charge is 2.48. The molecule has 1 N–H and O–H groups in total. The Morgan fingerprint density at radius 2 is 1.65 bits per heavy atom. The number of hydrogen-bond donors (Lipinski definition) is 1. The van der Waals surface area contributed by atoms with Crippen LogP contribution in [-0.2, 0) is 32.7 Å². The highest BCUT2D eigenvalue weighted by Crippen LogP contribution is 2.43. The molecule has 0 spiro atoms. The topological polar surface area (TPSA) is 104 Å². The van der Waals surface area contributed by atoms with Crippen molar-refractivity contribution in [2.45, 2.75) is 201 Å². The van der Waals surface area contributed by atoms with E-state index in [4.69, 9.17) is 23.1 Å². The molecule has 10 atom stereocenters. The van der Waals surface area contributed by atoms with E-state index in [-0.39, 0.29) is 53.1 Å². The van der Waals surface area contributed by atoms with Gasteiger partial charge in [-0.15, -0.1) is 0 Å². The average molecular weight is 765 g/mol. The lowest BCUT2D eigenvalue weighted by Gasteiger charge is -2.40. The van der Waals surface area contributed by atoms with Crippen molar-refractivity contribution in [1.82, 2.24) is 0 Å². The van der Waals surface area contributed by atoms with Crippen molar-refractivity contribution in [2.75, 3.05) is 0 Å². The standard InChI is InChI=1S/C42H76O8Si2/c1-18-34(50-52(16,17)41(10,11)12)31(5)39-35(47-39)26-28(2)20-19-21-29(3)38-30(4)22-23-36(46-32(6)43)42(13,45)25-24-33(27-37(44)48-38)49-51(14,15)40(7,8)9/h19-23,28,30-31,33-36,38-39,45H,18,24-27H2,1-17H3/b20-19+,23-22+,29-21+/t28-,30+,31-,33-,34-,35-,36+,38-,39-,42-/m1/s1. The van der Waals surface area contributed by atoms with Crippen LogP contribution in [0.4, 0.5) is 0 Å². The van der Waals surface area contributed by atoms with E-state index in [1.807, 2.05) is 32.1 Å². The third-order valence-corrected chi connectivity index (χ3v) is 21.1. The first-order valence-electron chi connectivity index (χ1n) is 19.7. The van der Waals surface area contributed by atoms with Crippen LogP contribution in [0.2, 0.25) is 36.3 Å². The Labute approximate surface area is 319 Å². The normalized spacial score (nSPS) is 31.2. The van der Waals surface area contributed by atoms with Crippen LogP contribution in [0.3, 0.4) is 0 Å². The summed E-state index contributed by atoms with van der Waals surface area (Å²) in [5.41, 5.74) is -0.456. The van der Waals surface area contributed by atoms with Gasteiger partial charge in [0.2, 0.25) is 0 Å². The number of epoxide rings is 1. The van der Waals surface area contributed by atoms with Gasteiger partial charge < -0.3 is 28.2 Å². The summed E-state index contributed by atoms with van der Waals surface area (Å²) in [6, 6.07) is 0. The van der Waals surface area contributed by atoms with E-state index >= 15 is 0 Å². The average Bonchev–Trinajstić information content (AvgIpc) is 3.75. The quantitative estimate of drug-likeness (QED) is 0.0650. The SMILES string of the molecule is CC[C@@H](O[Si](C)(C)C(C)(C)C)[C@@H](C)[C@H]1O[C@@H]1C[C@H](C)/C=C/C=C(\C)[C@H]1OC(=O)C[C@H](O[Si](C)(C)C(C)(C)C)CC[C@@](C)(O)[C@@H](OC(C)=O)/C=C/[C@@H]1C. The molecule has 0 aromatic heterocycles. The molecular weight excluding hydrogens is 689 g/mol. The van der Waals surface area contributed by atoms with Crippen molar-refractivity contribution in [3.63, 3.8) is 0 Å². The van der Waals surface area contributed by atoms with Gasteiger partial charge in [0.05, 0.1) is 24.7 Å². The molecule has 1 fully saturated rings. The number of ether oxygens (including phenoxy) is 3. The van der Waals surface area contributed by atoms with Crippen LogP contribution in [0.5, 0.6) is 0 Å². The lowest BCUT2D eigenvalue weighted by molar-refractivity contribution is -0.157. The smallest absolute Gasteiger partial charge is 0.308 e. The first kappa shape index (κ1) is 46.6. The summed E-state index contributed by atoms with van der Waals surface area (Å²) in [4.78, 5) is 25.6. The Kier molecular flexibility index (Phi) is 16.5. The van der Waals surface area contributed by atoms with Gasteiger partial charge in [0, 0.05) is 24.9 Å². The van der Waals surface area contributed by atoms with E-state index in [9.17, 15) is 14.7 Å². The van der Waals surface area contributed by atoms with Crippen LogP contribution in [0.25, 0.3) is 0 Å². The maximum atomic E-state index is 13.6. The second-order valence-corrected chi connectivity index (χ2v) is 28.6. The maximum absolute atomic E-state index is 13.6. The van der Waals surface area contributed by atoms with E-state index in [1.54, 1.807) is 13.0 Å². The molecule has 2 rings (SSSR count). The molecule has 0 unspecified atom stereocenters. The number of esters is 2. The predicted molar refractivity (Wildman–Crippen MR) is 217 cm³/mol. The molecule has 0 saturated carbocycles. The van der Waals surface area contributed by atoms with Crippen LogP contribution in [-0.4, -0.2) is 75.9 Å². The number of allylic oxidation sites excluding steroid dienone is 3. The molecule has 0 bridgehead atoms. The minimum absolute atomic E-state index is 0.0617. The Morgan fingerprint density at radius 1 is 1.06 bits per heavy atom. The summed E-state index contributed by atoms with van der Waals surface area (Å²) in [6.45, 7) is 36.0. The molecule has 0 aromatic rings. The molecule has 8 nitrogen and oxygen atoms in total. The molecular formula is C42H76O8Si2. The van der Waals surface area contributed by atoms with Gasteiger partial charge in [-0.25, -0.2) is 0 Å². The Hall–Kier alpha value is -1.57. The van der Waals surface area contributed by atoms with Gasteiger partial charge >= 0.3 is 11.9 Å². The van der Waals surface area contributed by atoms with Crippen LogP contribution in [0.1, 0.15) is 122 Å². The summed E-state index contributed by atoms with van der Waals surface area (Å²) >= 11 is 0. The molecule has 10 heteroatoms. The van der Waals surface area contributed by atoms with Crippen molar-refractivity contribution in [1.29, 1.82) is 0 Å². The maximum Gasteiger partial charge on any atom is 0.308 e. The largest absolute Gasteiger partial charge is 0.457 e. The van der Waals surface area contributed by atoms with Crippen LogP contribution in [0.15, 0.2) is 36.0 Å². The predicted octanol–water partition coefficient (Wildman–Crippen LogP) is 10.1. The Bertz CT molecular complexity index is 1270. The van der Waals surface area contributed by atoms with E-state index in [2.05, 4.69) is 94.6 Å². The van der Waals surface area contributed by atoms with E-state index in [0.29, 0.717) is 18.3 Å². The third-order valence-electron chi connectivity index (χ3n) is 12.1. The van der Waals surface area contributed by atoms with E-state index in [1.165, 1.54) is 6.92 Å². The molecule has 0 amide bonds. The number of cyclic esters (lactones) is 1. The molecule has 2 aliphatic heterocycles. The molecule has 1 saturated heterocycles. The molecule has 0 aromatic carbocycles.